The van der Waals surface area contributed by atoms with Gasteiger partial charge < -0.3 is 4.90 Å². The summed E-state index contributed by atoms with van der Waals surface area (Å²) >= 11 is 5.63. The van der Waals surface area contributed by atoms with E-state index in [1.54, 1.807) is 0 Å². The van der Waals surface area contributed by atoms with Crippen molar-refractivity contribution in [1.29, 1.82) is 0 Å². The molecule has 0 bridgehead atoms. The molecule has 1 saturated heterocycles. The van der Waals surface area contributed by atoms with Crippen LogP contribution < -0.4 is 0 Å². The van der Waals surface area contributed by atoms with Crippen LogP contribution in [-0.4, -0.2) is 43.7 Å². The van der Waals surface area contributed by atoms with Crippen molar-refractivity contribution in [3.63, 3.8) is 0 Å². The first-order valence-corrected chi connectivity index (χ1v) is 7.40. The lowest BCUT2D eigenvalue weighted by atomic mass is 10.2. The van der Waals surface area contributed by atoms with Crippen LogP contribution in [0.15, 0.2) is 29.2 Å². The first-order valence-electron chi connectivity index (χ1n) is 5.48. The Hall–Kier alpha value is -1.28. The second-order valence-electron chi connectivity index (χ2n) is 4.33. The first-order chi connectivity index (χ1) is 9.12. The molecule has 1 aromatic carbocycles. The average molecular weight is 328 g/mol. The predicted octanol–water partition coefficient (Wildman–Crippen LogP) is 1.89. The summed E-state index contributed by atoms with van der Waals surface area (Å²) < 4.78 is 60.6. The summed E-state index contributed by atoms with van der Waals surface area (Å²) in [5.74, 6) is -2.01. The Balaban J connectivity index is 2.09. The monoisotopic (exact) mass is 327 g/mol. The molecule has 0 unspecified atom stereocenters. The van der Waals surface area contributed by atoms with E-state index < -0.39 is 40.3 Å². The number of nitrogens with zero attached hydrogens (tertiary/aromatic N) is 1. The van der Waals surface area contributed by atoms with Crippen molar-refractivity contribution in [3.8, 4) is 0 Å². The van der Waals surface area contributed by atoms with E-state index in [-0.39, 0.29) is 4.90 Å². The lowest BCUT2D eigenvalue weighted by Crippen LogP contribution is -2.59. The Labute approximate surface area is 118 Å². The Kier molecular flexibility index (Phi) is 3.72. The molecule has 1 aromatic rings. The molecule has 1 heterocycles. The van der Waals surface area contributed by atoms with Gasteiger partial charge in [0.15, 0.2) is 9.84 Å². The van der Waals surface area contributed by atoms with E-state index in [9.17, 15) is 26.4 Å². The van der Waals surface area contributed by atoms with Gasteiger partial charge in [-0.3, -0.25) is 4.79 Å². The van der Waals surface area contributed by atoms with Crippen molar-refractivity contribution in [2.45, 2.75) is 16.3 Å². The van der Waals surface area contributed by atoms with Crippen LogP contribution in [0, 0.1) is 0 Å². The van der Waals surface area contributed by atoms with E-state index >= 15 is 0 Å². The second-order valence-corrected chi connectivity index (χ2v) is 6.99. The van der Waals surface area contributed by atoms with Crippen molar-refractivity contribution < 1.29 is 26.4 Å². The molecule has 20 heavy (non-hydrogen) atoms. The van der Waals surface area contributed by atoms with Gasteiger partial charge in [0.05, 0.1) is 4.90 Å². The number of amides is 1. The Morgan fingerprint density at radius 2 is 1.70 bits per heavy atom. The minimum absolute atomic E-state index is 0.0222. The van der Waals surface area contributed by atoms with E-state index in [1.807, 2.05) is 0 Å². The van der Waals surface area contributed by atoms with Crippen LogP contribution in [0.5, 0.6) is 0 Å². The SMILES string of the molecule is O=C(N1CC(S(=O)(=O)c2ccc(Cl)cc2)C1)C(F)(F)F. The molecule has 0 atom stereocenters. The van der Waals surface area contributed by atoms with Gasteiger partial charge in [0.2, 0.25) is 0 Å². The highest BCUT2D eigenvalue weighted by atomic mass is 35.5. The number of rotatable bonds is 2. The van der Waals surface area contributed by atoms with Crippen molar-refractivity contribution in [3.05, 3.63) is 29.3 Å². The summed E-state index contributed by atoms with van der Waals surface area (Å²) in [5, 5.41) is -0.665. The summed E-state index contributed by atoms with van der Waals surface area (Å²) in [4.78, 5) is 11.3. The Bertz CT molecular complexity index is 621. The van der Waals surface area contributed by atoms with Gasteiger partial charge in [-0.25, -0.2) is 8.42 Å². The van der Waals surface area contributed by atoms with Gasteiger partial charge in [-0.15, -0.1) is 0 Å². The number of benzene rings is 1. The van der Waals surface area contributed by atoms with E-state index in [2.05, 4.69) is 0 Å². The quantitative estimate of drug-likeness (QED) is 0.833. The highest BCUT2D eigenvalue weighted by Crippen LogP contribution is 2.28. The topological polar surface area (TPSA) is 54.5 Å². The smallest absolute Gasteiger partial charge is 0.332 e. The van der Waals surface area contributed by atoms with Crippen LogP contribution in [0.1, 0.15) is 0 Å². The number of hydrogen-bond acceptors (Lipinski definition) is 3. The maximum atomic E-state index is 12.2. The van der Waals surface area contributed by atoms with Crippen molar-refractivity contribution in [2.24, 2.45) is 0 Å². The number of carbonyl (C=O) groups excluding carboxylic acids is 1. The fourth-order valence-electron chi connectivity index (χ4n) is 1.80. The molecule has 9 heteroatoms. The third-order valence-corrected chi connectivity index (χ3v) is 5.32. The molecule has 0 saturated carbocycles. The molecule has 0 N–H and O–H groups in total. The predicted molar refractivity (Wildman–Crippen MR) is 65.1 cm³/mol. The van der Waals surface area contributed by atoms with Gasteiger partial charge in [-0.05, 0) is 24.3 Å². The third-order valence-electron chi connectivity index (χ3n) is 2.96. The molecule has 0 radical (unpaired) electrons. The number of sulfone groups is 1. The van der Waals surface area contributed by atoms with Crippen molar-refractivity contribution in [2.75, 3.05) is 13.1 Å². The van der Waals surface area contributed by atoms with Gasteiger partial charge in [0, 0.05) is 18.1 Å². The lowest BCUT2D eigenvalue weighted by molar-refractivity contribution is -0.188. The molecule has 110 valence electrons. The van der Waals surface area contributed by atoms with E-state index in [0.717, 1.165) is 0 Å². The number of alkyl halides is 3. The number of hydrogen-bond donors (Lipinski definition) is 0. The van der Waals surface area contributed by atoms with Gasteiger partial charge in [0.25, 0.3) is 0 Å². The molecule has 0 aromatic heterocycles. The van der Waals surface area contributed by atoms with Gasteiger partial charge in [0.1, 0.15) is 5.25 Å². The summed E-state index contributed by atoms with van der Waals surface area (Å²) in [5.41, 5.74) is 0. The summed E-state index contributed by atoms with van der Waals surface area (Å²) in [7, 11) is -3.75. The fourth-order valence-corrected chi connectivity index (χ4v) is 3.57. The van der Waals surface area contributed by atoms with Gasteiger partial charge in [-0.1, -0.05) is 11.6 Å². The minimum atomic E-state index is -4.98. The molecular weight excluding hydrogens is 319 g/mol. The number of likely N-dealkylation sites (tertiary alicyclic amines) is 1. The average Bonchev–Trinajstić information content (AvgIpc) is 2.25. The third kappa shape index (κ3) is 2.76. The Morgan fingerprint density at radius 1 is 1.20 bits per heavy atom. The fraction of sp³-hybridized carbons (Fsp3) is 0.364. The number of halogens is 4. The summed E-state index contributed by atoms with van der Waals surface area (Å²) in [6, 6.07) is 5.33. The van der Waals surface area contributed by atoms with Crippen LogP contribution in [0.25, 0.3) is 0 Å². The Morgan fingerprint density at radius 3 is 2.15 bits per heavy atom. The van der Waals surface area contributed by atoms with Crippen LogP contribution in [0.3, 0.4) is 0 Å². The zero-order valence-electron chi connectivity index (χ0n) is 9.89. The molecular formula is C11H9ClF3NO3S. The largest absolute Gasteiger partial charge is 0.471 e. The van der Waals surface area contributed by atoms with E-state index in [1.165, 1.54) is 24.3 Å². The molecule has 1 fully saturated rings. The molecule has 1 amide bonds. The van der Waals surface area contributed by atoms with Crippen molar-refractivity contribution >= 4 is 27.3 Å². The zero-order chi connectivity index (χ0) is 15.1. The minimum Gasteiger partial charge on any atom is -0.332 e. The lowest BCUT2D eigenvalue weighted by Gasteiger charge is -2.38. The van der Waals surface area contributed by atoms with E-state index in [0.29, 0.717) is 9.92 Å². The molecule has 0 aliphatic carbocycles. The van der Waals surface area contributed by atoms with Crippen LogP contribution in [0.4, 0.5) is 13.2 Å². The molecule has 1 aliphatic heterocycles. The van der Waals surface area contributed by atoms with E-state index in [4.69, 9.17) is 11.6 Å². The van der Waals surface area contributed by atoms with Crippen LogP contribution in [0.2, 0.25) is 5.02 Å². The van der Waals surface area contributed by atoms with Gasteiger partial charge >= 0.3 is 12.1 Å². The standard InChI is InChI=1S/C11H9ClF3NO3S/c12-7-1-3-8(4-2-7)20(18,19)9-5-16(6-9)10(17)11(13,14)15/h1-4,9H,5-6H2. The molecule has 2 rings (SSSR count). The summed E-state index contributed by atoms with van der Waals surface area (Å²) in [6.07, 6.45) is -4.98. The van der Waals surface area contributed by atoms with Crippen molar-refractivity contribution in [1.82, 2.24) is 4.90 Å². The second kappa shape index (κ2) is 4.92. The molecule has 0 spiro atoms. The van der Waals surface area contributed by atoms with Crippen LogP contribution in [-0.2, 0) is 14.6 Å². The zero-order valence-corrected chi connectivity index (χ0v) is 11.5. The highest BCUT2D eigenvalue weighted by Gasteiger charge is 2.49. The normalized spacial score (nSPS) is 16.9. The highest BCUT2D eigenvalue weighted by molar-refractivity contribution is 7.92. The number of carbonyl (C=O) groups is 1. The summed E-state index contributed by atoms with van der Waals surface area (Å²) in [6.45, 7) is -0.910. The first kappa shape index (κ1) is 15.1. The van der Waals surface area contributed by atoms with Gasteiger partial charge in [-0.2, -0.15) is 13.2 Å². The maximum Gasteiger partial charge on any atom is 0.471 e. The molecule has 1 aliphatic rings. The molecule has 4 nitrogen and oxygen atoms in total. The van der Waals surface area contributed by atoms with Crippen LogP contribution >= 0.6 is 11.6 Å². The maximum absolute atomic E-state index is 12.2.